The first-order valence-electron chi connectivity index (χ1n) is 45.3. The van der Waals surface area contributed by atoms with E-state index in [2.05, 4.69) is 403 Å². The summed E-state index contributed by atoms with van der Waals surface area (Å²) in [6, 6.07) is 33.5. The van der Waals surface area contributed by atoms with Gasteiger partial charge >= 0.3 is 0 Å². The minimum atomic E-state index is -0.861. The fourth-order valence-corrected chi connectivity index (χ4v) is 22.8. The van der Waals surface area contributed by atoms with Gasteiger partial charge in [-0.3, -0.25) is 0 Å². The van der Waals surface area contributed by atoms with Crippen molar-refractivity contribution in [3.05, 3.63) is 244 Å². The zero-order chi connectivity index (χ0) is 89.5. The van der Waals surface area contributed by atoms with Crippen LogP contribution in [0.4, 0.5) is 5.69 Å². The number of fused-ring (bicyclic) bond motifs is 4. The molecule has 8 heterocycles. The van der Waals surface area contributed by atoms with E-state index in [0.29, 0.717) is 0 Å². The predicted molar refractivity (Wildman–Crippen MR) is 594 cm³/mol. The number of para-hydroxylation sites is 1. The Morgan fingerprint density at radius 1 is 0.381 bits per heavy atom. The van der Waals surface area contributed by atoms with Crippen molar-refractivity contribution < 1.29 is 122 Å². The van der Waals surface area contributed by atoms with Crippen molar-refractivity contribution in [3.63, 3.8) is 0 Å². The SMILES string of the molecule is CC1=C(C)C2C(C)C(C)C(C)C2S1.CC1=C(c2ccccc2)C2CC(C)CC2S1.CC1CC2C=CN(c3ccccc3)C2C1.C[SiH2]C1C(C)CC2C(c3ccccc3)=C(C)SC21.[CH-]1CCCO1.[CH-]1CCCO1.[CH-]1CCCO1.[CH-]1CCCO1.[CH2-][Si](C)(C)C.[CH2-][Si](C)(C)C.[CH2-][Si](C)(C)C.[CH2-][Si](C)(C)C.[CH2-][Si](C)(C)C.[CH2-][Si](C)(C)C.[CH2-][Si](C)(C)C.[CH3-].[CH3-].[CH3-].[CH3-].[CH3-].[Sc].[Sc].[Sc].[Sc]. The smallest absolute Gasteiger partial charge is 0.0408 e. The summed E-state index contributed by atoms with van der Waals surface area (Å²) < 4.78 is 19.3. The number of nitrogens with zero attached hydrogens (tertiary/aromatic N) is 1. The molecule has 5 nitrogen and oxygen atoms in total. The van der Waals surface area contributed by atoms with Crippen molar-refractivity contribution in [1.29, 1.82) is 0 Å². The van der Waals surface area contributed by atoms with E-state index in [9.17, 15) is 0 Å². The zero-order valence-electron chi connectivity index (χ0n) is 89.1. The molecule has 0 amide bonds. The van der Waals surface area contributed by atoms with Gasteiger partial charge in [0.15, 0.2) is 0 Å². The molecular weight excluding hydrogens is 1850 g/mol. The summed E-state index contributed by atoms with van der Waals surface area (Å²) in [6.07, 6.45) is 21.1. The van der Waals surface area contributed by atoms with Gasteiger partial charge in [0.05, 0.1) is 0 Å². The second kappa shape index (κ2) is 74.5. The van der Waals surface area contributed by atoms with Crippen LogP contribution in [-0.4, -0.2) is 114 Å². The van der Waals surface area contributed by atoms with Crippen molar-refractivity contribution in [2.45, 2.75) is 324 Å². The minimum absolute atomic E-state index is 0. The van der Waals surface area contributed by atoms with Crippen LogP contribution in [0.3, 0.4) is 0 Å². The molecule has 3 aromatic rings. The van der Waals surface area contributed by atoms with Gasteiger partial charge in [0.2, 0.25) is 0 Å². The Bertz CT molecular complexity index is 2990. The van der Waals surface area contributed by atoms with Crippen molar-refractivity contribution in [2.75, 3.05) is 31.3 Å². The first-order valence-corrected chi connectivity index (χ1v) is 76.1. The third kappa shape index (κ3) is 72.8. The van der Waals surface area contributed by atoms with Crippen LogP contribution in [0.15, 0.2) is 124 Å². The molecule has 4 saturated heterocycles. The third-order valence-corrected chi connectivity index (χ3v) is 26.9. The van der Waals surface area contributed by atoms with Gasteiger partial charge in [0, 0.05) is 173 Å². The number of hydrogen-bond acceptors (Lipinski definition) is 8. The molecule has 15 rings (SSSR count). The van der Waals surface area contributed by atoms with Crippen LogP contribution in [0.2, 0.25) is 150 Å². The molecule has 3 aromatic carbocycles. The van der Waals surface area contributed by atoms with E-state index in [0.717, 1.165) is 139 Å². The van der Waals surface area contributed by atoms with Crippen LogP contribution < -0.4 is 4.90 Å². The van der Waals surface area contributed by atoms with Gasteiger partial charge in [0.1, 0.15) is 0 Å². The zero-order valence-corrected chi connectivity index (χ0v) is 107. The molecule has 8 aliphatic heterocycles. The largest absolute Gasteiger partial charge is 0.552 e. The van der Waals surface area contributed by atoms with Crippen LogP contribution in [0.1, 0.15) is 164 Å². The average molecular weight is 2050 g/mol. The Balaban J connectivity index is -0.000000171. The molecule has 12 aliphatic rings. The second-order valence-corrected chi connectivity index (χ2v) is 85.3. The summed E-state index contributed by atoms with van der Waals surface area (Å²) in [5.41, 5.74) is 10.3. The number of hydrogen-bond donors (Lipinski definition) is 0. The Hall–Kier alpha value is 2.53. The molecule has 15 unspecified atom stereocenters. The number of thioether (sulfide) groups is 3. The molecule has 126 heavy (non-hydrogen) atoms. The molecule has 0 spiro atoms. The van der Waals surface area contributed by atoms with E-state index in [1.165, 1.54) is 74.6 Å². The van der Waals surface area contributed by atoms with E-state index in [-0.39, 0.29) is 150 Å². The minimum Gasteiger partial charge on any atom is -0.552 e. The maximum absolute atomic E-state index is 4.82. The normalized spacial score (nSPS) is 25.6. The van der Waals surface area contributed by atoms with Gasteiger partial charge in [-0.05, 0) is 174 Å². The number of allylic oxidation sites excluding steroid dienone is 6. The van der Waals surface area contributed by atoms with Crippen LogP contribution in [0, 0.1) is 169 Å². The van der Waals surface area contributed by atoms with Crippen LogP contribution in [0.5, 0.6) is 0 Å². The molecule has 15 atom stereocenters. The van der Waals surface area contributed by atoms with Crippen molar-refractivity contribution >= 4 is 118 Å². The molecule has 4 aliphatic carbocycles. The summed E-state index contributed by atoms with van der Waals surface area (Å²) >= 11 is 6.45. The number of benzene rings is 3. The molecule has 4 saturated carbocycles. The molecule has 20 heteroatoms. The maximum Gasteiger partial charge on any atom is 0.0408 e. The predicted octanol–water partition coefficient (Wildman–Crippen LogP) is 34.1. The maximum atomic E-state index is 4.82. The summed E-state index contributed by atoms with van der Waals surface area (Å²) in [7, 11) is -5.91. The Labute approximate surface area is 888 Å². The molecule has 0 aromatic heterocycles. The fourth-order valence-electron chi connectivity index (χ4n) is 15.0. The van der Waals surface area contributed by atoms with Gasteiger partial charge in [-0.2, -0.15) is 25.7 Å². The number of anilines is 1. The second-order valence-electron chi connectivity index (χ2n) is 43.4. The number of ether oxygens (including phenoxy) is 4. The van der Waals surface area contributed by atoms with E-state index >= 15 is 0 Å². The molecule has 8 fully saturated rings. The van der Waals surface area contributed by atoms with Crippen molar-refractivity contribution in [1.82, 2.24) is 0 Å². The molecule has 0 N–H and O–H groups in total. The average Bonchev–Trinajstić information content (AvgIpc) is 1.62. The Morgan fingerprint density at radius 3 is 1.01 bits per heavy atom. The summed E-state index contributed by atoms with van der Waals surface area (Å²) in [6.45, 7) is 111. The first-order chi connectivity index (χ1) is 53.9. The summed E-state index contributed by atoms with van der Waals surface area (Å²) in [4.78, 5) is 7.21. The van der Waals surface area contributed by atoms with E-state index in [1.54, 1.807) is 31.4 Å². The van der Waals surface area contributed by atoms with E-state index in [4.69, 9.17) is 18.9 Å². The van der Waals surface area contributed by atoms with Gasteiger partial charge in [0.25, 0.3) is 0 Å². The van der Waals surface area contributed by atoms with Gasteiger partial charge in [-0.25, -0.2) is 26.4 Å². The van der Waals surface area contributed by atoms with E-state index in [1.807, 2.05) is 26.4 Å². The van der Waals surface area contributed by atoms with Gasteiger partial charge in [-0.1, -0.05) is 302 Å². The standard InChI is InChI=1S/C16H22SSi.C15H18S.C14H17N.C12H20S.4C4H7O.7C4H11Si.5CH3.4Sc/c1-10-9-13-14(12-7-5-4-6-8-12)11(2)17-15(13)16(10)18-3;1-10-8-13-14(9-10)16-11(2)15(13)12-6-4-3-5-7-12;1-11-9-12-7-8-15(14(12)10-11)13-5-3-2-4-6-13;1-6-7(2)11-9(4)10(5)13-12(11)8(6)3;4*1-2-4-5-3-1;7*1-5(2,3)4;;;;;;;;;/h4-8,10,13,15-16H,9,18H2,1-3H3;3-7,10,13-14H,8-9H2,1-2H3;2-8,11-12,14H,9-10H2,1H3;6-8,11-12H,1-5H3;4*3H,1-2,4H2;7*1H2,2-4H3;5*1H3;;;;/q;;;;16*-1;;;;. The van der Waals surface area contributed by atoms with Crippen LogP contribution in [-0.2, 0) is 122 Å². The number of rotatable bonds is 4. The monoisotopic (exact) mass is 2050 g/mol. The molecule has 0 bridgehead atoms. The van der Waals surface area contributed by atoms with Gasteiger partial charge < -0.3 is 107 Å². The summed E-state index contributed by atoms with van der Waals surface area (Å²) in [5.74, 6) is 8.79. The van der Waals surface area contributed by atoms with Crippen LogP contribution in [0.25, 0.3) is 11.1 Å². The first kappa shape index (κ1) is 146. The van der Waals surface area contributed by atoms with E-state index < -0.39 is 56.5 Å². The van der Waals surface area contributed by atoms with Crippen LogP contribution >= 0.6 is 35.3 Å². The Morgan fingerprint density at radius 2 is 0.698 bits per heavy atom. The topological polar surface area (TPSA) is 40.2 Å². The Kier molecular flexibility index (Phi) is 86.5. The fraction of sp³-hybridized carbons (Fsp3) is 0.604. The molecular formula is C106H197NO4S3Sc4Si8-16. The van der Waals surface area contributed by atoms with Crippen molar-refractivity contribution in [3.8, 4) is 0 Å². The molecule has 4 radical (unpaired) electrons. The van der Waals surface area contributed by atoms with Gasteiger partial charge in [-0.15, -0.1) is 91.8 Å². The third-order valence-electron chi connectivity index (χ3n) is 19.7. The molecule has 728 valence electrons. The summed E-state index contributed by atoms with van der Waals surface area (Å²) in [5, 5.41) is 2.67. The van der Waals surface area contributed by atoms with Crippen molar-refractivity contribution in [2.24, 2.45) is 59.2 Å². The quantitative estimate of drug-likeness (QED) is 0.189.